The fraction of sp³-hybridized carbons (Fsp3) is 0.0227. The van der Waals surface area contributed by atoms with Crippen LogP contribution in [0.2, 0.25) is 0 Å². The van der Waals surface area contributed by atoms with E-state index in [9.17, 15) is 13.2 Å². The summed E-state index contributed by atoms with van der Waals surface area (Å²) in [6.07, 6.45) is -4.36. The van der Waals surface area contributed by atoms with E-state index in [1.165, 1.54) is 12.1 Å². The minimum atomic E-state index is -4.36. The zero-order valence-electron chi connectivity index (χ0n) is 26.6. The maximum atomic E-state index is 13.0. The number of fused-ring (bicyclic) bond motifs is 1. The van der Waals surface area contributed by atoms with Crippen molar-refractivity contribution in [1.29, 1.82) is 0 Å². The Hall–Kier alpha value is -6.40. The van der Waals surface area contributed by atoms with E-state index in [2.05, 4.69) is 48.5 Å². The zero-order chi connectivity index (χ0) is 34.1. The zero-order valence-corrected chi connectivity index (χ0v) is 26.6. The van der Waals surface area contributed by atoms with Crippen LogP contribution in [0.5, 0.6) is 0 Å². The Bertz CT molecular complexity index is 2370. The van der Waals surface area contributed by atoms with Crippen molar-refractivity contribution in [2.75, 3.05) is 0 Å². The van der Waals surface area contributed by atoms with Gasteiger partial charge in [-0.1, -0.05) is 158 Å². The quantitative estimate of drug-likeness (QED) is 0.179. The van der Waals surface area contributed by atoms with Gasteiger partial charge in [0.15, 0.2) is 17.5 Å². The SMILES string of the molecule is FC(F)(F)c1ccc(-c2ccc(-c3ccc(-c4ccc(-c5nc(-c6ccccc6)nc(-c6ccccc6)n5)cc4)c4ccccc34)cc2)cc1. The fourth-order valence-corrected chi connectivity index (χ4v) is 6.23. The van der Waals surface area contributed by atoms with Crippen LogP contribution in [0.3, 0.4) is 0 Å². The lowest BCUT2D eigenvalue weighted by Crippen LogP contribution is -2.03. The van der Waals surface area contributed by atoms with Crippen molar-refractivity contribution in [3.63, 3.8) is 0 Å². The van der Waals surface area contributed by atoms with Gasteiger partial charge in [0.1, 0.15) is 0 Å². The van der Waals surface area contributed by atoms with Crippen LogP contribution < -0.4 is 0 Å². The molecule has 6 heteroatoms. The van der Waals surface area contributed by atoms with E-state index in [4.69, 9.17) is 15.0 Å². The predicted octanol–water partition coefficient (Wildman–Crippen LogP) is 12.0. The number of rotatable bonds is 6. The molecule has 1 aromatic heterocycles. The average molecular weight is 656 g/mol. The molecular formula is C44H28F3N3. The minimum absolute atomic E-state index is 0.601. The van der Waals surface area contributed by atoms with Crippen molar-refractivity contribution in [3.05, 3.63) is 175 Å². The molecule has 1 heterocycles. The molecule has 0 aliphatic rings. The van der Waals surface area contributed by atoms with Gasteiger partial charge in [-0.25, -0.2) is 15.0 Å². The summed E-state index contributed by atoms with van der Waals surface area (Å²) in [7, 11) is 0. The Kier molecular flexibility index (Phi) is 7.97. The van der Waals surface area contributed by atoms with E-state index in [0.29, 0.717) is 17.5 Å². The maximum absolute atomic E-state index is 13.0. The number of hydrogen-bond acceptors (Lipinski definition) is 3. The number of hydrogen-bond donors (Lipinski definition) is 0. The van der Waals surface area contributed by atoms with Gasteiger partial charge in [0, 0.05) is 16.7 Å². The average Bonchev–Trinajstić information content (AvgIpc) is 3.18. The lowest BCUT2D eigenvalue weighted by Gasteiger charge is -2.13. The third kappa shape index (κ3) is 6.15. The number of benzene rings is 7. The summed E-state index contributed by atoms with van der Waals surface area (Å²) in [5.74, 6) is 1.84. The molecule has 0 saturated heterocycles. The highest BCUT2D eigenvalue weighted by Gasteiger charge is 2.30. The van der Waals surface area contributed by atoms with E-state index in [0.717, 1.165) is 73.0 Å². The Morgan fingerprint density at radius 2 is 0.620 bits per heavy atom. The third-order valence-electron chi connectivity index (χ3n) is 8.82. The Labute approximate surface area is 287 Å². The van der Waals surface area contributed by atoms with Crippen LogP contribution in [0, 0.1) is 0 Å². The van der Waals surface area contributed by atoms with E-state index >= 15 is 0 Å². The molecule has 0 bridgehead atoms. The monoisotopic (exact) mass is 655 g/mol. The van der Waals surface area contributed by atoms with Crippen LogP contribution in [0.15, 0.2) is 170 Å². The third-order valence-corrected chi connectivity index (χ3v) is 8.82. The second-order valence-electron chi connectivity index (χ2n) is 12.0. The number of aromatic nitrogens is 3. The molecule has 0 fully saturated rings. The molecule has 0 saturated carbocycles. The van der Waals surface area contributed by atoms with Gasteiger partial charge in [0.25, 0.3) is 0 Å². The maximum Gasteiger partial charge on any atom is 0.416 e. The Morgan fingerprint density at radius 3 is 1.02 bits per heavy atom. The molecule has 8 aromatic rings. The van der Waals surface area contributed by atoms with E-state index in [1.807, 2.05) is 97.1 Å². The molecule has 0 amide bonds. The van der Waals surface area contributed by atoms with Gasteiger partial charge in [-0.15, -0.1) is 0 Å². The van der Waals surface area contributed by atoms with Crippen molar-refractivity contribution >= 4 is 10.8 Å². The topological polar surface area (TPSA) is 38.7 Å². The number of nitrogens with zero attached hydrogens (tertiary/aromatic N) is 3. The fourth-order valence-electron chi connectivity index (χ4n) is 6.23. The molecule has 0 unspecified atom stereocenters. The summed E-state index contributed by atoms with van der Waals surface area (Å²) >= 11 is 0. The molecular weight excluding hydrogens is 627 g/mol. The lowest BCUT2D eigenvalue weighted by atomic mass is 9.91. The normalized spacial score (nSPS) is 11.5. The van der Waals surface area contributed by atoms with Crippen molar-refractivity contribution in [2.45, 2.75) is 6.18 Å². The van der Waals surface area contributed by atoms with Crippen LogP contribution in [0.25, 0.3) is 78.3 Å². The summed E-state index contributed by atoms with van der Waals surface area (Å²) in [5, 5.41) is 2.22. The first-order chi connectivity index (χ1) is 24.4. The highest BCUT2D eigenvalue weighted by Crippen LogP contribution is 2.37. The summed E-state index contributed by atoms with van der Waals surface area (Å²) in [5.41, 5.74) is 7.93. The first-order valence-corrected chi connectivity index (χ1v) is 16.2. The second-order valence-corrected chi connectivity index (χ2v) is 12.0. The predicted molar refractivity (Wildman–Crippen MR) is 195 cm³/mol. The molecule has 50 heavy (non-hydrogen) atoms. The Morgan fingerprint density at radius 1 is 0.300 bits per heavy atom. The smallest absolute Gasteiger partial charge is 0.208 e. The van der Waals surface area contributed by atoms with Gasteiger partial charge in [0.2, 0.25) is 0 Å². The van der Waals surface area contributed by atoms with Gasteiger partial charge in [-0.2, -0.15) is 13.2 Å². The number of alkyl halides is 3. The molecule has 0 aliphatic heterocycles. The summed E-state index contributed by atoms with van der Waals surface area (Å²) < 4.78 is 39.1. The summed E-state index contributed by atoms with van der Waals surface area (Å²) in [6, 6.07) is 53.9. The van der Waals surface area contributed by atoms with Crippen LogP contribution in [0.4, 0.5) is 13.2 Å². The van der Waals surface area contributed by atoms with Gasteiger partial charge in [-0.3, -0.25) is 0 Å². The van der Waals surface area contributed by atoms with Crippen LogP contribution >= 0.6 is 0 Å². The van der Waals surface area contributed by atoms with Gasteiger partial charge < -0.3 is 0 Å². The van der Waals surface area contributed by atoms with Crippen molar-refractivity contribution in [3.8, 4) is 67.5 Å². The molecule has 3 nitrogen and oxygen atoms in total. The molecule has 0 aliphatic carbocycles. The molecule has 240 valence electrons. The van der Waals surface area contributed by atoms with Gasteiger partial charge in [0.05, 0.1) is 5.56 Å². The Balaban J connectivity index is 1.12. The van der Waals surface area contributed by atoms with E-state index < -0.39 is 11.7 Å². The molecule has 0 atom stereocenters. The molecule has 0 spiro atoms. The molecule has 0 radical (unpaired) electrons. The first-order valence-electron chi connectivity index (χ1n) is 16.2. The van der Waals surface area contributed by atoms with Crippen LogP contribution in [-0.4, -0.2) is 15.0 Å². The van der Waals surface area contributed by atoms with E-state index in [1.54, 1.807) is 0 Å². The highest BCUT2D eigenvalue weighted by molar-refractivity contribution is 6.05. The van der Waals surface area contributed by atoms with Crippen molar-refractivity contribution < 1.29 is 13.2 Å². The minimum Gasteiger partial charge on any atom is -0.208 e. The summed E-state index contributed by atoms with van der Waals surface area (Å²) in [4.78, 5) is 14.5. The van der Waals surface area contributed by atoms with E-state index in [-0.39, 0.29) is 0 Å². The first kappa shape index (κ1) is 30.9. The van der Waals surface area contributed by atoms with Gasteiger partial charge in [-0.05, 0) is 56.3 Å². The highest BCUT2D eigenvalue weighted by atomic mass is 19.4. The number of halogens is 3. The van der Waals surface area contributed by atoms with Gasteiger partial charge >= 0.3 is 6.18 Å². The second kappa shape index (κ2) is 12.9. The lowest BCUT2D eigenvalue weighted by molar-refractivity contribution is -0.137. The van der Waals surface area contributed by atoms with Crippen molar-refractivity contribution in [2.24, 2.45) is 0 Å². The van der Waals surface area contributed by atoms with Crippen molar-refractivity contribution in [1.82, 2.24) is 15.0 Å². The van der Waals surface area contributed by atoms with Crippen LogP contribution in [-0.2, 0) is 6.18 Å². The standard InChI is InChI=1S/C44H28F3N3/c45-44(46,47)36-25-23-30(24-26-36)29-15-17-31(18-16-29)37-27-28-38(40-14-8-7-13-39(37)40)32-19-21-35(22-20-32)43-49-41(33-9-3-1-4-10-33)48-42(50-43)34-11-5-2-6-12-34/h1-28H. The molecule has 0 N–H and O–H groups in total. The van der Waals surface area contributed by atoms with Crippen LogP contribution in [0.1, 0.15) is 5.56 Å². The largest absolute Gasteiger partial charge is 0.416 e. The summed E-state index contributed by atoms with van der Waals surface area (Å²) in [6.45, 7) is 0. The molecule has 7 aromatic carbocycles. The molecule has 8 rings (SSSR count).